The van der Waals surface area contributed by atoms with Crippen molar-refractivity contribution in [1.82, 2.24) is 23.8 Å². The van der Waals surface area contributed by atoms with Crippen LogP contribution in [-0.2, 0) is 0 Å². The van der Waals surface area contributed by atoms with Crippen LogP contribution in [0.15, 0.2) is 152 Å². The van der Waals surface area contributed by atoms with Crippen molar-refractivity contribution in [2.45, 2.75) is 0 Å². The fourth-order valence-electron chi connectivity index (χ4n) is 7.01. The summed E-state index contributed by atoms with van der Waals surface area (Å²) in [4.78, 5) is 14.7. The van der Waals surface area contributed by atoms with Crippen LogP contribution in [0.5, 0.6) is 11.5 Å². The van der Waals surface area contributed by atoms with Crippen LogP contribution in [0, 0.1) is 0 Å². The molecule has 0 bridgehead atoms. The molecule has 0 amide bonds. The predicted molar refractivity (Wildman–Crippen MR) is 189 cm³/mol. The maximum Gasteiger partial charge on any atom is 0.146 e. The van der Waals surface area contributed by atoms with Gasteiger partial charge in [0.15, 0.2) is 0 Å². The van der Waals surface area contributed by atoms with Gasteiger partial charge in [0, 0.05) is 51.3 Å². The Labute approximate surface area is 268 Å². The van der Waals surface area contributed by atoms with Crippen molar-refractivity contribution < 1.29 is 4.74 Å². The van der Waals surface area contributed by atoms with E-state index in [1.165, 1.54) is 0 Å². The smallest absolute Gasteiger partial charge is 0.146 e. The number of ether oxygens (including phenoxy) is 1. The molecule has 0 aliphatic heterocycles. The molecule has 5 aromatic heterocycles. The lowest BCUT2D eigenvalue weighted by Crippen LogP contribution is -1.95. The molecule has 6 heteroatoms. The highest BCUT2D eigenvalue weighted by Gasteiger charge is 2.21. The van der Waals surface area contributed by atoms with E-state index in [1.807, 2.05) is 47.3 Å². The third-order valence-corrected chi connectivity index (χ3v) is 9.05. The molecule has 5 heterocycles. The number of imidazole rings is 2. The molecule has 0 fully saturated rings. The fraction of sp³-hybridized carbons (Fsp3) is 0. The largest absolute Gasteiger partial charge is 0.457 e. The summed E-state index contributed by atoms with van der Waals surface area (Å²) < 4.78 is 11.0. The second-order valence-corrected chi connectivity index (χ2v) is 11.7. The summed E-state index contributed by atoms with van der Waals surface area (Å²) in [7, 11) is 0. The quantitative estimate of drug-likeness (QED) is 0.188. The van der Waals surface area contributed by atoms with E-state index in [0.29, 0.717) is 0 Å². The van der Waals surface area contributed by atoms with Gasteiger partial charge in [-0.3, -0.25) is 8.80 Å². The van der Waals surface area contributed by atoms with Crippen LogP contribution in [0.4, 0.5) is 0 Å². The summed E-state index contributed by atoms with van der Waals surface area (Å²) in [5, 5.41) is 6.47. The Bertz CT molecular complexity index is 2820. The molecule has 0 N–H and O–H groups in total. The molecule has 10 rings (SSSR count). The molecule has 5 aromatic carbocycles. The van der Waals surface area contributed by atoms with Gasteiger partial charge in [0.2, 0.25) is 0 Å². The minimum Gasteiger partial charge on any atom is -0.457 e. The van der Waals surface area contributed by atoms with E-state index in [9.17, 15) is 0 Å². The summed E-state index contributed by atoms with van der Waals surface area (Å²) in [6.45, 7) is 0. The van der Waals surface area contributed by atoms with E-state index < -0.39 is 0 Å². The van der Waals surface area contributed by atoms with Crippen molar-refractivity contribution in [2.24, 2.45) is 0 Å². The molecular formula is C41H25N5O. The number of fused-ring (bicyclic) bond motifs is 12. The van der Waals surface area contributed by atoms with Gasteiger partial charge in [-0.05, 0) is 65.4 Å². The molecule has 0 saturated heterocycles. The third-order valence-electron chi connectivity index (χ3n) is 9.05. The standard InChI is InChI=1S/C41H25N5O/c1-3-10-26(11-4-1)37-38(27-12-5-2-6-13-27)46-36-16-8-7-14-32(36)30-19-17-29(25-35(30)41(46)44-37)47-28-18-20-31-33-15-9-21-42-39(33)45-23-22-43-40(45)34(31)24-28/h1-25H. The van der Waals surface area contributed by atoms with E-state index in [4.69, 9.17) is 9.72 Å². The molecule has 220 valence electrons. The van der Waals surface area contributed by atoms with Crippen LogP contribution in [0.2, 0.25) is 0 Å². The monoisotopic (exact) mass is 603 g/mol. The molecular weight excluding hydrogens is 578 g/mol. The second-order valence-electron chi connectivity index (χ2n) is 11.7. The molecule has 0 unspecified atom stereocenters. The highest BCUT2D eigenvalue weighted by atomic mass is 16.5. The summed E-state index contributed by atoms with van der Waals surface area (Å²) in [5.41, 5.74) is 7.93. The lowest BCUT2D eigenvalue weighted by molar-refractivity contribution is 0.484. The summed E-state index contributed by atoms with van der Waals surface area (Å²) >= 11 is 0. The Morgan fingerprint density at radius 2 is 1.09 bits per heavy atom. The zero-order valence-electron chi connectivity index (χ0n) is 25.1. The Balaban J connectivity index is 1.21. The van der Waals surface area contributed by atoms with E-state index in [2.05, 4.69) is 124 Å². The first-order chi connectivity index (χ1) is 23.3. The van der Waals surface area contributed by atoms with Crippen LogP contribution < -0.4 is 4.74 Å². The average molecular weight is 604 g/mol. The predicted octanol–water partition coefficient (Wildman–Crippen LogP) is 10.1. The van der Waals surface area contributed by atoms with Crippen LogP contribution in [0.1, 0.15) is 0 Å². The van der Waals surface area contributed by atoms with E-state index >= 15 is 0 Å². The highest BCUT2D eigenvalue weighted by Crippen LogP contribution is 2.40. The number of benzene rings is 5. The van der Waals surface area contributed by atoms with Crippen molar-refractivity contribution in [2.75, 3.05) is 0 Å². The SMILES string of the molecule is c1ccc(-c2nc3c4cc(Oc5ccc6c7cccnc7n7ccnc7c6c5)ccc4c4ccccc4n3c2-c2ccccc2)cc1. The van der Waals surface area contributed by atoms with Crippen molar-refractivity contribution in [1.29, 1.82) is 0 Å². The Morgan fingerprint density at radius 3 is 1.87 bits per heavy atom. The first-order valence-corrected chi connectivity index (χ1v) is 15.6. The van der Waals surface area contributed by atoms with E-state index in [1.54, 1.807) is 0 Å². The van der Waals surface area contributed by atoms with Gasteiger partial charge < -0.3 is 4.74 Å². The van der Waals surface area contributed by atoms with Crippen LogP contribution in [-0.4, -0.2) is 23.8 Å². The van der Waals surface area contributed by atoms with Crippen LogP contribution in [0.25, 0.3) is 77.3 Å². The summed E-state index contributed by atoms with van der Waals surface area (Å²) in [6, 6.07) is 46.1. The lowest BCUT2D eigenvalue weighted by Gasteiger charge is -2.13. The summed E-state index contributed by atoms with van der Waals surface area (Å²) in [5.74, 6) is 1.47. The normalized spacial score (nSPS) is 11.8. The first kappa shape index (κ1) is 25.8. The fourth-order valence-corrected chi connectivity index (χ4v) is 7.01. The number of para-hydroxylation sites is 1. The first-order valence-electron chi connectivity index (χ1n) is 15.6. The van der Waals surface area contributed by atoms with Gasteiger partial charge in [0.1, 0.15) is 28.4 Å². The van der Waals surface area contributed by atoms with Gasteiger partial charge in [-0.25, -0.2) is 15.0 Å². The highest BCUT2D eigenvalue weighted by molar-refractivity contribution is 6.14. The van der Waals surface area contributed by atoms with Crippen LogP contribution >= 0.6 is 0 Å². The third kappa shape index (κ3) is 3.88. The molecule has 0 saturated carbocycles. The van der Waals surface area contributed by atoms with Gasteiger partial charge in [-0.1, -0.05) is 78.9 Å². The average Bonchev–Trinajstić information content (AvgIpc) is 3.80. The molecule has 10 aromatic rings. The van der Waals surface area contributed by atoms with Gasteiger partial charge in [0.05, 0.1) is 16.9 Å². The van der Waals surface area contributed by atoms with Crippen LogP contribution in [0.3, 0.4) is 0 Å². The zero-order chi connectivity index (χ0) is 30.9. The minimum atomic E-state index is 0.736. The maximum absolute atomic E-state index is 6.61. The van der Waals surface area contributed by atoms with E-state index in [-0.39, 0.29) is 0 Å². The van der Waals surface area contributed by atoms with Crippen molar-refractivity contribution in [3.8, 4) is 34.0 Å². The van der Waals surface area contributed by atoms with Gasteiger partial charge in [0.25, 0.3) is 0 Å². The van der Waals surface area contributed by atoms with Gasteiger partial charge >= 0.3 is 0 Å². The number of hydrogen-bond donors (Lipinski definition) is 0. The van der Waals surface area contributed by atoms with Crippen molar-refractivity contribution >= 4 is 54.8 Å². The Morgan fingerprint density at radius 1 is 0.468 bits per heavy atom. The van der Waals surface area contributed by atoms with Crippen molar-refractivity contribution in [3.63, 3.8) is 0 Å². The topological polar surface area (TPSA) is 56.7 Å². The zero-order valence-corrected chi connectivity index (χ0v) is 25.1. The number of nitrogens with zero attached hydrogens (tertiary/aromatic N) is 5. The molecule has 0 aliphatic rings. The van der Waals surface area contributed by atoms with E-state index in [0.717, 1.165) is 88.8 Å². The Hall–Kier alpha value is -6.53. The van der Waals surface area contributed by atoms with Crippen molar-refractivity contribution in [3.05, 3.63) is 152 Å². The second kappa shape index (κ2) is 9.99. The summed E-state index contributed by atoms with van der Waals surface area (Å²) in [6.07, 6.45) is 5.58. The number of hydrogen-bond acceptors (Lipinski definition) is 4. The number of pyridine rings is 3. The molecule has 6 nitrogen and oxygen atoms in total. The molecule has 0 aliphatic carbocycles. The molecule has 0 radical (unpaired) electrons. The lowest BCUT2D eigenvalue weighted by atomic mass is 10.0. The number of aromatic nitrogens is 5. The minimum absolute atomic E-state index is 0.736. The Kier molecular flexibility index (Phi) is 5.48. The van der Waals surface area contributed by atoms with Gasteiger partial charge in [-0.2, -0.15) is 0 Å². The van der Waals surface area contributed by atoms with Gasteiger partial charge in [-0.15, -0.1) is 0 Å². The maximum atomic E-state index is 6.61. The number of rotatable bonds is 4. The molecule has 0 atom stereocenters. The molecule has 47 heavy (non-hydrogen) atoms. The molecule has 0 spiro atoms.